The van der Waals surface area contributed by atoms with Crippen LogP contribution in [0.1, 0.15) is 35.3 Å². The average molecular weight is 333 g/mol. The van der Waals surface area contributed by atoms with Gasteiger partial charge >= 0.3 is 11.9 Å². The van der Waals surface area contributed by atoms with Crippen LogP contribution in [0.5, 0.6) is 0 Å². The highest BCUT2D eigenvalue weighted by Crippen LogP contribution is 2.33. The number of hydrogen-bond acceptors (Lipinski definition) is 7. The number of carbonyl (C=O) groups excluding carboxylic acids is 3. The zero-order valence-electron chi connectivity index (χ0n) is 12.6. The number of Topliss-reactive ketones (excluding diaryl/α,β-unsaturated/α-hetero) is 1. The number of nitrogen functional groups attached to an aromatic ring is 1. The number of ether oxygens (including phenoxy) is 2. The first kappa shape index (κ1) is 16.7. The van der Waals surface area contributed by atoms with Crippen LogP contribution >= 0.6 is 11.3 Å². The minimum atomic E-state index is -0.690. The Morgan fingerprint density at radius 2 is 1.65 bits per heavy atom. The van der Waals surface area contributed by atoms with Crippen LogP contribution in [0, 0.1) is 0 Å². The van der Waals surface area contributed by atoms with Gasteiger partial charge in [-0.3, -0.25) is 4.79 Å². The van der Waals surface area contributed by atoms with Crippen LogP contribution in [0.3, 0.4) is 0 Å². The number of thiophene rings is 1. The van der Waals surface area contributed by atoms with E-state index in [0.717, 1.165) is 11.3 Å². The topological polar surface area (TPSA) is 95.7 Å². The first-order valence-corrected chi connectivity index (χ1v) is 7.47. The number of benzene rings is 1. The van der Waals surface area contributed by atoms with Crippen LogP contribution in [0.25, 0.3) is 0 Å². The summed E-state index contributed by atoms with van der Waals surface area (Å²) in [4.78, 5) is 36.5. The van der Waals surface area contributed by atoms with E-state index in [9.17, 15) is 14.4 Å². The molecule has 0 spiro atoms. The molecule has 120 valence electrons. The molecule has 0 saturated heterocycles. The number of rotatable bonds is 5. The summed E-state index contributed by atoms with van der Waals surface area (Å²) in [5.74, 6) is -1.53. The minimum absolute atomic E-state index is 0.0236. The maximum atomic E-state index is 12.3. The fraction of sp³-hybridized carbons (Fsp3) is 0.188. The lowest BCUT2D eigenvalue weighted by Gasteiger charge is -2.03. The quantitative estimate of drug-likeness (QED) is 0.666. The van der Waals surface area contributed by atoms with E-state index in [2.05, 4.69) is 4.74 Å². The van der Waals surface area contributed by atoms with Crippen molar-refractivity contribution in [2.24, 2.45) is 0 Å². The van der Waals surface area contributed by atoms with Gasteiger partial charge in [-0.25, -0.2) is 9.59 Å². The van der Waals surface area contributed by atoms with E-state index in [-0.39, 0.29) is 28.3 Å². The van der Waals surface area contributed by atoms with Gasteiger partial charge in [-0.2, -0.15) is 0 Å². The summed E-state index contributed by atoms with van der Waals surface area (Å²) >= 11 is 0.964. The molecule has 0 aliphatic rings. The van der Waals surface area contributed by atoms with Crippen molar-refractivity contribution >= 4 is 34.7 Å². The van der Waals surface area contributed by atoms with E-state index in [1.165, 1.54) is 14.2 Å². The highest BCUT2D eigenvalue weighted by molar-refractivity contribution is 7.15. The molecule has 0 amide bonds. The molecule has 7 heteroatoms. The van der Waals surface area contributed by atoms with Crippen molar-refractivity contribution in [3.05, 3.63) is 51.2 Å². The number of carbonyl (C=O) groups is 3. The molecule has 0 saturated carbocycles. The number of ketones is 1. The lowest BCUT2D eigenvalue weighted by atomic mass is 10.0. The molecule has 1 aromatic carbocycles. The van der Waals surface area contributed by atoms with Crippen molar-refractivity contribution in [1.29, 1.82) is 0 Å². The largest absolute Gasteiger partial charge is 0.465 e. The van der Waals surface area contributed by atoms with Gasteiger partial charge in [-0.05, 0) is 0 Å². The van der Waals surface area contributed by atoms with Gasteiger partial charge in [0.1, 0.15) is 4.88 Å². The van der Waals surface area contributed by atoms with Gasteiger partial charge in [0.2, 0.25) is 0 Å². The number of anilines is 1. The van der Waals surface area contributed by atoms with Gasteiger partial charge in [-0.15, -0.1) is 11.3 Å². The van der Waals surface area contributed by atoms with Gasteiger partial charge in [0.05, 0.1) is 25.5 Å². The van der Waals surface area contributed by atoms with Crippen LogP contribution in [0.4, 0.5) is 5.69 Å². The fourth-order valence-corrected chi connectivity index (χ4v) is 3.18. The molecule has 1 aromatic heterocycles. The van der Waals surface area contributed by atoms with Gasteiger partial charge in [0, 0.05) is 16.9 Å². The van der Waals surface area contributed by atoms with Gasteiger partial charge < -0.3 is 15.2 Å². The molecule has 2 N–H and O–H groups in total. The van der Waals surface area contributed by atoms with Crippen LogP contribution in [0.2, 0.25) is 0 Å². The second-order valence-electron chi connectivity index (χ2n) is 4.59. The highest BCUT2D eigenvalue weighted by Gasteiger charge is 2.27. The molecule has 0 radical (unpaired) electrons. The normalized spacial score (nSPS) is 10.2. The van der Waals surface area contributed by atoms with E-state index in [0.29, 0.717) is 10.4 Å². The lowest BCUT2D eigenvalue weighted by molar-refractivity contribution is 0.0601. The summed E-state index contributed by atoms with van der Waals surface area (Å²) < 4.78 is 9.34. The third kappa shape index (κ3) is 3.40. The van der Waals surface area contributed by atoms with Crippen LogP contribution < -0.4 is 5.73 Å². The molecule has 0 unspecified atom stereocenters. The number of methoxy groups -OCH3 is 2. The summed E-state index contributed by atoms with van der Waals surface area (Å²) in [5, 5.41) is 0. The third-order valence-corrected chi connectivity index (χ3v) is 4.38. The van der Waals surface area contributed by atoms with Gasteiger partial charge in [0.15, 0.2) is 5.78 Å². The summed E-state index contributed by atoms with van der Waals surface area (Å²) in [5.41, 5.74) is 6.40. The van der Waals surface area contributed by atoms with E-state index in [1.54, 1.807) is 30.3 Å². The summed E-state index contributed by atoms with van der Waals surface area (Å²) in [6.45, 7) is 0. The molecule has 1 heterocycles. The molecular weight excluding hydrogens is 318 g/mol. The Balaban J connectivity index is 2.42. The van der Waals surface area contributed by atoms with Gasteiger partial charge in [-0.1, -0.05) is 30.3 Å². The van der Waals surface area contributed by atoms with E-state index >= 15 is 0 Å². The number of nitrogens with two attached hydrogens (primary N) is 1. The smallest absolute Gasteiger partial charge is 0.350 e. The third-order valence-electron chi connectivity index (χ3n) is 3.20. The monoisotopic (exact) mass is 333 g/mol. The molecule has 0 aliphatic heterocycles. The van der Waals surface area contributed by atoms with Crippen molar-refractivity contribution in [2.45, 2.75) is 6.42 Å². The van der Waals surface area contributed by atoms with Crippen molar-refractivity contribution in [2.75, 3.05) is 20.0 Å². The molecule has 0 atom stereocenters. The zero-order chi connectivity index (χ0) is 17.0. The molecule has 0 fully saturated rings. The summed E-state index contributed by atoms with van der Waals surface area (Å²) in [7, 11) is 2.42. The zero-order valence-corrected chi connectivity index (χ0v) is 13.4. The van der Waals surface area contributed by atoms with Crippen molar-refractivity contribution in [3.8, 4) is 0 Å². The van der Waals surface area contributed by atoms with Crippen LogP contribution in [-0.4, -0.2) is 31.9 Å². The minimum Gasteiger partial charge on any atom is -0.465 e. The van der Waals surface area contributed by atoms with Gasteiger partial charge in [0.25, 0.3) is 0 Å². The van der Waals surface area contributed by atoms with Crippen molar-refractivity contribution in [1.82, 2.24) is 0 Å². The second kappa shape index (κ2) is 7.06. The Morgan fingerprint density at radius 3 is 2.22 bits per heavy atom. The highest BCUT2D eigenvalue weighted by atomic mass is 32.1. The maximum absolute atomic E-state index is 12.3. The number of esters is 2. The predicted octanol–water partition coefficient (Wildman–Crippen LogP) is 2.33. The molecule has 2 aromatic rings. The summed E-state index contributed by atoms with van der Waals surface area (Å²) in [6, 6.07) is 8.65. The molecule has 23 heavy (non-hydrogen) atoms. The van der Waals surface area contributed by atoms with E-state index in [1.807, 2.05) is 0 Å². The average Bonchev–Trinajstić information content (AvgIpc) is 2.90. The Bertz CT molecular complexity index is 751. The maximum Gasteiger partial charge on any atom is 0.350 e. The summed E-state index contributed by atoms with van der Waals surface area (Å²) in [6.07, 6.45) is -0.0553. The predicted molar refractivity (Wildman–Crippen MR) is 85.9 cm³/mol. The molecule has 2 rings (SSSR count). The molecule has 0 bridgehead atoms. The van der Waals surface area contributed by atoms with Crippen LogP contribution in [-0.2, 0) is 15.9 Å². The Labute approximate surface area is 136 Å². The molecule has 6 nitrogen and oxygen atoms in total. The molecular formula is C16H15NO5S. The first-order chi connectivity index (χ1) is 11.0. The van der Waals surface area contributed by atoms with Crippen molar-refractivity contribution < 1.29 is 23.9 Å². The Hall–Kier alpha value is -2.67. The van der Waals surface area contributed by atoms with E-state index < -0.39 is 11.9 Å². The standard InChI is InChI=1S/C16H15NO5S/c1-21-15(19)12-11(23-14(13(12)17)16(20)22-2)8-10(18)9-6-4-3-5-7-9/h3-7H,8,17H2,1-2H3. The van der Waals surface area contributed by atoms with Crippen molar-refractivity contribution in [3.63, 3.8) is 0 Å². The first-order valence-electron chi connectivity index (χ1n) is 6.65. The van der Waals surface area contributed by atoms with Crippen LogP contribution in [0.15, 0.2) is 30.3 Å². The lowest BCUT2D eigenvalue weighted by Crippen LogP contribution is -2.10. The SMILES string of the molecule is COC(=O)c1sc(CC(=O)c2ccccc2)c(C(=O)OC)c1N. The van der Waals surface area contributed by atoms with E-state index in [4.69, 9.17) is 10.5 Å². The number of hydrogen-bond donors (Lipinski definition) is 1. The Kier molecular flexibility index (Phi) is 5.13. The second-order valence-corrected chi connectivity index (χ2v) is 5.70. The fourth-order valence-electron chi connectivity index (χ4n) is 2.06. The Morgan fingerprint density at radius 1 is 1.04 bits per heavy atom. The molecule has 0 aliphatic carbocycles.